The molecule has 2 amide bonds. The van der Waals surface area contributed by atoms with E-state index in [0.29, 0.717) is 11.4 Å². The van der Waals surface area contributed by atoms with Crippen LogP contribution in [0.25, 0.3) is 0 Å². The summed E-state index contributed by atoms with van der Waals surface area (Å²) in [7, 11) is 0. The second-order valence-corrected chi connectivity index (χ2v) is 6.10. The number of halogens is 3. The first-order chi connectivity index (χ1) is 13.2. The molecule has 0 fully saturated rings. The van der Waals surface area contributed by atoms with Crippen LogP contribution < -0.4 is 10.6 Å². The molecular formula is C20H16F3N3O2. The Labute approximate surface area is 158 Å². The molecule has 3 aromatic rings. The van der Waals surface area contributed by atoms with Crippen LogP contribution in [-0.4, -0.2) is 16.8 Å². The lowest BCUT2D eigenvalue weighted by Crippen LogP contribution is -2.16. The zero-order valence-corrected chi connectivity index (χ0v) is 14.7. The summed E-state index contributed by atoms with van der Waals surface area (Å²) in [6.45, 7) is 1.76. The van der Waals surface area contributed by atoms with Crippen LogP contribution in [0, 0.1) is 6.92 Å². The predicted octanol–water partition coefficient (Wildman–Crippen LogP) is 4.85. The first-order valence-electron chi connectivity index (χ1n) is 8.28. The molecule has 3 N–H and O–H groups in total. The van der Waals surface area contributed by atoms with Crippen LogP contribution in [0.3, 0.4) is 0 Å². The molecular weight excluding hydrogens is 371 g/mol. The number of carbonyl (C=O) groups excluding carboxylic acids is 2. The summed E-state index contributed by atoms with van der Waals surface area (Å²) in [5.74, 6) is -0.960. The molecule has 2 aromatic carbocycles. The van der Waals surface area contributed by atoms with Crippen LogP contribution in [0.1, 0.15) is 32.0 Å². The van der Waals surface area contributed by atoms with Crippen molar-refractivity contribution in [3.8, 4) is 0 Å². The number of amides is 2. The number of aryl methyl sites for hydroxylation is 1. The maximum atomic E-state index is 12.8. The second kappa shape index (κ2) is 7.59. The Morgan fingerprint density at radius 2 is 1.71 bits per heavy atom. The molecule has 5 nitrogen and oxygen atoms in total. The molecule has 8 heteroatoms. The van der Waals surface area contributed by atoms with Crippen molar-refractivity contribution in [1.29, 1.82) is 0 Å². The average Bonchev–Trinajstić information content (AvgIpc) is 3.18. The fraction of sp³-hybridized carbons (Fsp3) is 0.100. The van der Waals surface area contributed by atoms with Gasteiger partial charge >= 0.3 is 6.18 Å². The Morgan fingerprint density at radius 1 is 0.929 bits per heavy atom. The molecule has 0 spiro atoms. The molecule has 0 aliphatic heterocycles. The largest absolute Gasteiger partial charge is 0.416 e. The van der Waals surface area contributed by atoms with E-state index in [1.807, 2.05) is 0 Å². The van der Waals surface area contributed by atoms with E-state index in [-0.39, 0.29) is 17.2 Å². The van der Waals surface area contributed by atoms with Gasteiger partial charge in [0.05, 0.1) is 5.56 Å². The number of aromatic amines is 1. The third kappa shape index (κ3) is 4.40. The Balaban J connectivity index is 1.78. The van der Waals surface area contributed by atoms with E-state index in [9.17, 15) is 22.8 Å². The number of H-pyrrole nitrogens is 1. The fourth-order valence-electron chi connectivity index (χ4n) is 2.54. The molecule has 3 rings (SSSR count). The number of alkyl halides is 3. The van der Waals surface area contributed by atoms with E-state index in [4.69, 9.17) is 0 Å². The molecule has 0 saturated heterocycles. The lowest BCUT2D eigenvalue weighted by Gasteiger charge is -2.12. The third-order valence-electron chi connectivity index (χ3n) is 4.04. The van der Waals surface area contributed by atoms with Crippen LogP contribution >= 0.6 is 0 Å². The molecule has 0 radical (unpaired) electrons. The maximum absolute atomic E-state index is 12.8. The van der Waals surface area contributed by atoms with Gasteiger partial charge in [-0.3, -0.25) is 9.59 Å². The first-order valence-corrected chi connectivity index (χ1v) is 8.28. The van der Waals surface area contributed by atoms with E-state index in [2.05, 4.69) is 15.6 Å². The van der Waals surface area contributed by atoms with Gasteiger partial charge in [-0.05, 0) is 55.0 Å². The van der Waals surface area contributed by atoms with E-state index in [1.54, 1.807) is 31.3 Å². The molecule has 0 atom stereocenters. The second-order valence-electron chi connectivity index (χ2n) is 6.10. The van der Waals surface area contributed by atoms with Gasteiger partial charge in [0.15, 0.2) is 0 Å². The summed E-state index contributed by atoms with van der Waals surface area (Å²) in [5, 5.41) is 5.14. The van der Waals surface area contributed by atoms with Crippen molar-refractivity contribution in [2.24, 2.45) is 0 Å². The van der Waals surface area contributed by atoms with Crippen molar-refractivity contribution < 1.29 is 22.8 Å². The molecule has 0 aliphatic rings. The highest BCUT2D eigenvalue weighted by Crippen LogP contribution is 2.30. The molecule has 1 aromatic heterocycles. The Kier molecular flexibility index (Phi) is 5.21. The molecule has 0 saturated carbocycles. The number of aromatic nitrogens is 1. The number of nitrogens with one attached hydrogen (secondary N) is 3. The fourth-order valence-corrected chi connectivity index (χ4v) is 2.54. The maximum Gasteiger partial charge on any atom is 0.416 e. The third-order valence-corrected chi connectivity index (χ3v) is 4.04. The van der Waals surface area contributed by atoms with Gasteiger partial charge in [0.25, 0.3) is 11.8 Å². The monoisotopic (exact) mass is 387 g/mol. The van der Waals surface area contributed by atoms with Crippen molar-refractivity contribution >= 4 is 23.2 Å². The van der Waals surface area contributed by atoms with E-state index in [0.717, 1.165) is 17.7 Å². The summed E-state index contributed by atoms with van der Waals surface area (Å²) >= 11 is 0. The van der Waals surface area contributed by atoms with Crippen molar-refractivity contribution in [2.75, 3.05) is 10.6 Å². The van der Waals surface area contributed by atoms with Crippen molar-refractivity contribution in [1.82, 2.24) is 4.98 Å². The van der Waals surface area contributed by atoms with Crippen LogP contribution in [0.5, 0.6) is 0 Å². The van der Waals surface area contributed by atoms with Crippen LogP contribution in [0.4, 0.5) is 24.5 Å². The average molecular weight is 387 g/mol. The Bertz CT molecular complexity index is 1010. The van der Waals surface area contributed by atoms with Crippen molar-refractivity contribution in [3.05, 3.63) is 83.2 Å². The Hall–Kier alpha value is -3.55. The summed E-state index contributed by atoms with van der Waals surface area (Å²) in [5.41, 5.74) is 0.889. The lowest BCUT2D eigenvalue weighted by atomic mass is 10.1. The van der Waals surface area contributed by atoms with Gasteiger partial charge in [0.1, 0.15) is 5.69 Å². The highest BCUT2D eigenvalue weighted by atomic mass is 19.4. The minimum absolute atomic E-state index is 0.0253. The van der Waals surface area contributed by atoms with Crippen molar-refractivity contribution in [2.45, 2.75) is 13.1 Å². The summed E-state index contributed by atoms with van der Waals surface area (Å²) in [6, 6.07) is 12.3. The predicted molar refractivity (Wildman–Crippen MR) is 99.3 cm³/mol. The zero-order chi connectivity index (χ0) is 20.3. The summed E-state index contributed by atoms with van der Waals surface area (Å²) in [4.78, 5) is 27.4. The number of carbonyl (C=O) groups is 2. The summed E-state index contributed by atoms with van der Waals surface area (Å²) in [6.07, 6.45) is -2.89. The minimum Gasteiger partial charge on any atom is -0.357 e. The smallest absolute Gasteiger partial charge is 0.357 e. The molecule has 0 bridgehead atoms. The van der Waals surface area contributed by atoms with Crippen LogP contribution in [0.2, 0.25) is 0 Å². The molecule has 1 heterocycles. The lowest BCUT2D eigenvalue weighted by molar-refractivity contribution is -0.137. The number of hydrogen-bond donors (Lipinski definition) is 3. The number of anilines is 2. The SMILES string of the molecule is Cc1ccc(C(=O)Nc2cccc(C(F)(F)F)c2)cc1NC(=O)c1ccc[nH]1. The number of benzene rings is 2. The molecule has 144 valence electrons. The van der Waals surface area contributed by atoms with Gasteiger partial charge < -0.3 is 15.6 Å². The normalized spacial score (nSPS) is 11.1. The van der Waals surface area contributed by atoms with Crippen molar-refractivity contribution in [3.63, 3.8) is 0 Å². The van der Waals surface area contributed by atoms with Gasteiger partial charge in [-0.15, -0.1) is 0 Å². The zero-order valence-electron chi connectivity index (χ0n) is 14.7. The van der Waals surface area contributed by atoms with E-state index < -0.39 is 17.6 Å². The quantitative estimate of drug-likeness (QED) is 0.599. The topological polar surface area (TPSA) is 74.0 Å². The van der Waals surface area contributed by atoms with Gasteiger partial charge in [-0.1, -0.05) is 12.1 Å². The van der Waals surface area contributed by atoms with Gasteiger partial charge in [-0.25, -0.2) is 0 Å². The van der Waals surface area contributed by atoms with Gasteiger partial charge in [0, 0.05) is 23.1 Å². The number of hydrogen-bond acceptors (Lipinski definition) is 2. The minimum atomic E-state index is -4.50. The summed E-state index contributed by atoms with van der Waals surface area (Å²) < 4.78 is 38.4. The highest BCUT2D eigenvalue weighted by molar-refractivity contribution is 6.07. The molecule has 0 unspecified atom stereocenters. The molecule has 28 heavy (non-hydrogen) atoms. The standard InChI is InChI=1S/C20H16F3N3O2/c1-12-7-8-13(10-17(12)26-19(28)16-6-3-9-24-16)18(27)25-15-5-2-4-14(11-15)20(21,22)23/h2-11,24H,1H3,(H,25,27)(H,26,28). The Morgan fingerprint density at radius 3 is 2.39 bits per heavy atom. The van der Waals surface area contributed by atoms with Gasteiger partial charge in [-0.2, -0.15) is 13.2 Å². The number of rotatable bonds is 4. The molecule has 0 aliphatic carbocycles. The van der Waals surface area contributed by atoms with Crippen LogP contribution in [-0.2, 0) is 6.18 Å². The van der Waals surface area contributed by atoms with E-state index in [1.165, 1.54) is 24.3 Å². The van der Waals surface area contributed by atoms with E-state index >= 15 is 0 Å². The highest BCUT2D eigenvalue weighted by Gasteiger charge is 2.30. The first kappa shape index (κ1) is 19.2. The van der Waals surface area contributed by atoms with Gasteiger partial charge in [0.2, 0.25) is 0 Å². The van der Waals surface area contributed by atoms with Crippen LogP contribution in [0.15, 0.2) is 60.8 Å².